The van der Waals surface area contributed by atoms with E-state index < -0.39 is 34.1 Å². The number of nitrogens with zero attached hydrogens (tertiary/aromatic N) is 2. The molecule has 186 valence electrons. The quantitative estimate of drug-likeness (QED) is 0.474. The van der Waals surface area contributed by atoms with E-state index in [4.69, 9.17) is 23.2 Å². The molecule has 0 saturated carbocycles. The van der Waals surface area contributed by atoms with Gasteiger partial charge in [0, 0.05) is 16.6 Å². The number of sulfonamides is 1. The third-order valence-corrected chi connectivity index (χ3v) is 7.34. The Morgan fingerprint density at radius 3 is 2.24 bits per heavy atom. The van der Waals surface area contributed by atoms with Gasteiger partial charge in [0.25, 0.3) is 0 Å². The van der Waals surface area contributed by atoms with Crippen LogP contribution in [0.2, 0.25) is 10.0 Å². The molecule has 0 fully saturated rings. The molecule has 0 heterocycles. The molecule has 11 heteroatoms. The Morgan fingerprint density at radius 1 is 1.09 bits per heavy atom. The minimum atomic E-state index is -3.81. The molecule has 1 atom stereocenters. The van der Waals surface area contributed by atoms with E-state index in [2.05, 4.69) is 21.2 Å². The van der Waals surface area contributed by atoms with Crippen LogP contribution in [0.5, 0.6) is 0 Å². The molecule has 2 aromatic carbocycles. The lowest BCUT2D eigenvalue weighted by Crippen LogP contribution is -2.54. The Labute approximate surface area is 219 Å². The van der Waals surface area contributed by atoms with Gasteiger partial charge in [-0.1, -0.05) is 41.4 Å². The molecule has 0 radical (unpaired) electrons. The largest absolute Gasteiger partial charge is 0.350 e. The summed E-state index contributed by atoms with van der Waals surface area (Å²) in [6, 6.07) is 10.7. The summed E-state index contributed by atoms with van der Waals surface area (Å²) in [6.45, 7) is 6.64. The Balaban J connectivity index is 2.44. The van der Waals surface area contributed by atoms with Crippen LogP contribution in [-0.4, -0.2) is 49.5 Å². The van der Waals surface area contributed by atoms with Crippen LogP contribution in [0.4, 0.5) is 5.69 Å². The first-order chi connectivity index (χ1) is 15.6. The predicted molar refractivity (Wildman–Crippen MR) is 141 cm³/mol. The first-order valence-electron chi connectivity index (χ1n) is 10.4. The summed E-state index contributed by atoms with van der Waals surface area (Å²) in [5.41, 5.74) is 0.446. The van der Waals surface area contributed by atoms with Crippen molar-refractivity contribution in [1.82, 2.24) is 10.2 Å². The zero-order valence-corrected chi connectivity index (χ0v) is 23.5. The Kier molecular flexibility index (Phi) is 9.44. The second kappa shape index (κ2) is 11.3. The van der Waals surface area contributed by atoms with Crippen molar-refractivity contribution in [2.75, 3.05) is 17.1 Å². The van der Waals surface area contributed by atoms with E-state index in [1.54, 1.807) is 49.4 Å². The van der Waals surface area contributed by atoms with E-state index in [1.807, 2.05) is 20.8 Å². The van der Waals surface area contributed by atoms with Gasteiger partial charge in [-0.3, -0.25) is 13.9 Å². The van der Waals surface area contributed by atoms with E-state index in [0.29, 0.717) is 25.8 Å². The summed E-state index contributed by atoms with van der Waals surface area (Å²) < 4.78 is 26.7. The SMILES string of the molecule is C[C@@H](C(=O)NC(C)(C)C)N(Cc1ccc(Cl)c(Cl)c1)C(=O)CN(c1ccccc1Br)S(C)(=O)=O. The van der Waals surface area contributed by atoms with E-state index in [1.165, 1.54) is 4.90 Å². The molecule has 2 rings (SSSR count). The standard InChI is InChI=1S/C23H28BrCl2N3O4S/c1-15(22(31)27-23(2,3)4)28(13-16-10-11-18(25)19(26)12-16)21(30)14-29(34(5,32)33)20-9-7-6-8-17(20)24/h6-12,15H,13-14H2,1-5H3,(H,27,31)/t15-/m0/s1. The van der Waals surface area contributed by atoms with Gasteiger partial charge in [0.2, 0.25) is 21.8 Å². The number of hydrogen-bond acceptors (Lipinski definition) is 4. The summed E-state index contributed by atoms with van der Waals surface area (Å²) in [7, 11) is -3.81. The van der Waals surface area contributed by atoms with Crippen molar-refractivity contribution in [3.8, 4) is 0 Å². The number of anilines is 1. The molecule has 7 nitrogen and oxygen atoms in total. The average Bonchev–Trinajstić information content (AvgIpc) is 2.70. The van der Waals surface area contributed by atoms with Gasteiger partial charge < -0.3 is 10.2 Å². The van der Waals surface area contributed by atoms with Crippen LogP contribution in [0.3, 0.4) is 0 Å². The monoisotopic (exact) mass is 591 g/mol. The fourth-order valence-corrected chi connectivity index (χ4v) is 4.94. The highest BCUT2D eigenvalue weighted by atomic mass is 79.9. The summed E-state index contributed by atoms with van der Waals surface area (Å²) in [5.74, 6) is -0.920. The second-order valence-corrected chi connectivity index (χ2v) is 12.5. The summed E-state index contributed by atoms with van der Waals surface area (Å²) in [5, 5.41) is 3.54. The summed E-state index contributed by atoms with van der Waals surface area (Å²) >= 11 is 15.5. The molecule has 0 aliphatic heterocycles. The molecule has 2 amide bonds. The lowest BCUT2D eigenvalue weighted by molar-refractivity contribution is -0.140. The highest BCUT2D eigenvalue weighted by Gasteiger charge is 2.31. The van der Waals surface area contributed by atoms with Crippen LogP contribution in [0, 0.1) is 0 Å². The molecular formula is C23H28BrCl2N3O4S. The van der Waals surface area contributed by atoms with Gasteiger partial charge in [0.1, 0.15) is 12.6 Å². The van der Waals surface area contributed by atoms with E-state index in [9.17, 15) is 18.0 Å². The molecule has 1 N–H and O–H groups in total. The van der Waals surface area contributed by atoms with Crippen LogP contribution < -0.4 is 9.62 Å². The molecule has 0 unspecified atom stereocenters. The highest BCUT2D eigenvalue weighted by Crippen LogP contribution is 2.28. The lowest BCUT2D eigenvalue weighted by atomic mass is 10.1. The maximum Gasteiger partial charge on any atom is 0.244 e. The first-order valence-corrected chi connectivity index (χ1v) is 13.8. The van der Waals surface area contributed by atoms with Crippen LogP contribution in [0.15, 0.2) is 46.9 Å². The number of nitrogens with one attached hydrogen (secondary N) is 1. The zero-order valence-electron chi connectivity index (χ0n) is 19.6. The molecular weight excluding hydrogens is 565 g/mol. The van der Waals surface area contributed by atoms with Crippen molar-refractivity contribution < 1.29 is 18.0 Å². The van der Waals surface area contributed by atoms with Crippen LogP contribution in [0.25, 0.3) is 0 Å². The number of para-hydroxylation sites is 1. The van der Waals surface area contributed by atoms with Gasteiger partial charge in [-0.25, -0.2) is 8.42 Å². The van der Waals surface area contributed by atoms with E-state index in [0.717, 1.165) is 10.6 Å². The number of hydrogen-bond donors (Lipinski definition) is 1. The molecule has 0 aliphatic rings. The lowest BCUT2D eigenvalue weighted by Gasteiger charge is -2.33. The van der Waals surface area contributed by atoms with Crippen molar-refractivity contribution in [1.29, 1.82) is 0 Å². The van der Waals surface area contributed by atoms with Crippen LogP contribution >= 0.6 is 39.1 Å². The smallest absolute Gasteiger partial charge is 0.244 e. The Hall–Kier alpha value is -1.81. The van der Waals surface area contributed by atoms with Crippen molar-refractivity contribution >= 4 is 66.7 Å². The Morgan fingerprint density at radius 2 is 1.71 bits per heavy atom. The minimum Gasteiger partial charge on any atom is -0.350 e. The minimum absolute atomic E-state index is 0.0298. The van der Waals surface area contributed by atoms with Gasteiger partial charge in [0.15, 0.2) is 0 Å². The maximum atomic E-state index is 13.5. The zero-order chi connectivity index (χ0) is 25.8. The van der Waals surface area contributed by atoms with Gasteiger partial charge in [-0.05, 0) is 73.5 Å². The van der Waals surface area contributed by atoms with Crippen LogP contribution in [0.1, 0.15) is 33.3 Å². The highest BCUT2D eigenvalue weighted by molar-refractivity contribution is 9.10. The third kappa shape index (κ3) is 7.86. The summed E-state index contributed by atoms with van der Waals surface area (Å²) in [6.07, 6.45) is 1.03. The van der Waals surface area contributed by atoms with Crippen molar-refractivity contribution in [2.45, 2.75) is 45.8 Å². The van der Waals surface area contributed by atoms with E-state index >= 15 is 0 Å². The molecule has 0 saturated heterocycles. The number of amides is 2. The number of rotatable bonds is 8. The number of carbonyl (C=O) groups is 2. The van der Waals surface area contributed by atoms with Gasteiger partial charge in [0.05, 0.1) is 22.0 Å². The maximum absolute atomic E-state index is 13.5. The molecule has 0 aromatic heterocycles. The number of halogens is 3. The van der Waals surface area contributed by atoms with Crippen molar-refractivity contribution in [3.05, 3.63) is 62.5 Å². The first kappa shape index (κ1) is 28.4. The predicted octanol–water partition coefficient (Wildman–Crippen LogP) is 4.85. The Bertz CT molecular complexity index is 1170. The number of carbonyl (C=O) groups excluding carboxylic acids is 2. The molecule has 0 aliphatic carbocycles. The van der Waals surface area contributed by atoms with Crippen LogP contribution in [-0.2, 0) is 26.2 Å². The molecule has 2 aromatic rings. The fourth-order valence-electron chi connectivity index (χ4n) is 3.14. The average molecular weight is 593 g/mol. The van der Waals surface area contributed by atoms with Gasteiger partial charge in [-0.2, -0.15) is 0 Å². The topological polar surface area (TPSA) is 86.8 Å². The fraction of sp³-hybridized carbons (Fsp3) is 0.391. The number of benzene rings is 2. The molecule has 0 bridgehead atoms. The molecule has 34 heavy (non-hydrogen) atoms. The van der Waals surface area contributed by atoms with Gasteiger partial charge >= 0.3 is 0 Å². The summed E-state index contributed by atoms with van der Waals surface area (Å²) in [4.78, 5) is 27.8. The van der Waals surface area contributed by atoms with E-state index in [-0.39, 0.29) is 12.5 Å². The van der Waals surface area contributed by atoms with Crippen molar-refractivity contribution in [2.24, 2.45) is 0 Å². The molecule has 0 spiro atoms. The second-order valence-electron chi connectivity index (χ2n) is 8.91. The van der Waals surface area contributed by atoms with Gasteiger partial charge in [-0.15, -0.1) is 0 Å². The third-order valence-electron chi connectivity index (χ3n) is 4.80. The van der Waals surface area contributed by atoms with Crippen molar-refractivity contribution in [3.63, 3.8) is 0 Å². The normalized spacial score (nSPS) is 12.7.